The molecule has 1 aromatic rings. The highest BCUT2D eigenvalue weighted by Crippen LogP contribution is 2.45. The van der Waals surface area contributed by atoms with Gasteiger partial charge in [-0.1, -0.05) is 39.3 Å². The van der Waals surface area contributed by atoms with Gasteiger partial charge in [0.15, 0.2) is 0 Å². The minimum absolute atomic E-state index is 0.0659. The Morgan fingerprint density at radius 2 is 1.97 bits per heavy atom. The highest BCUT2D eigenvalue weighted by molar-refractivity contribution is 5.88. The van der Waals surface area contributed by atoms with Crippen LogP contribution in [0.25, 0.3) is 6.08 Å². The predicted octanol–water partition coefficient (Wildman–Crippen LogP) is 5.05. The number of fused-ring (bicyclic) bond motifs is 1. The van der Waals surface area contributed by atoms with Crippen LogP contribution >= 0.6 is 0 Å². The first kappa shape index (κ1) is 30.2. The van der Waals surface area contributed by atoms with Crippen molar-refractivity contribution in [3.05, 3.63) is 48.3 Å². The number of aliphatic hydroxyl groups excluding tert-OH is 2. The molecule has 2 aliphatic heterocycles. The number of carbonyl (C=O) groups excluding carboxylic acids is 2. The van der Waals surface area contributed by atoms with E-state index in [1.807, 2.05) is 38.1 Å². The van der Waals surface area contributed by atoms with Gasteiger partial charge in [-0.2, -0.15) is 0 Å². The molecule has 0 bridgehead atoms. The number of nitrogens with zero attached hydrogens (tertiary/aromatic N) is 1. The smallest absolute Gasteiger partial charge is 0.309 e. The van der Waals surface area contributed by atoms with Crippen LogP contribution in [0.5, 0.6) is 0 Å². The van der Waals surface area contributed by atoms with Crippen molar-refractivity contribution in [3.63, 3.8) is 0 Å². The van der Waals surface area contributed by atoms with Gasteiger partial charge < -0.3 is 19.7 Å². The molecule has 0 radical (unpaired) electrons. The molecule has 0 aliphatic carbocycles. The zero-order valence-corrected chi connectivity index (χ0v) is 23.6. The molecular formula is C31H45NO6. The van der Waals surface area contributed by atoms with Gasteiger partial charge in [0.25, 0.3) is 0 Å². The Labute approximate surface area is 227 Å². The molecule has 0 amide bonds. The van der Waals surface area contributed by atoms with Crippen molar-refractivity contribution in [2.24, 2.45) is 17.3 Å². The topological polar surface area (TPSA) is 109 Å². The van der Waals surface area contributed by atoms with E-state index in [2.05, 4.69) is 18.5 Å². The molecule has 3 heterocycles. The zero-order chi connectivity index (χ0) is 28.1. The van der Waals surface area contributed by atoms with Gasteiger partial charge in [-0.25, -0.2) is 0 Å². The number of hydrogen-bond donors (Lipinski definition) is 2. The van der Waals surface area contributed by atoms with Crippen LogP contribution < -0.4 is 0 Å². The average Bonchev–Trinajstić information content (AvgIpc) is 3.51. The fraction of sp³-hybridized carbons (Fsp3) is 0.645. The number of Topliss-reactive ketones (excluding diaryl/α,β-unsaturated/α-hetero) is 1. The lowest BCUT2D eigenvalue weighted by Crippen LogP contribution is -2.46. The third-order valence-corrected chi connectivity index (χ3v) is 8.48. The van der Waals surface area contributed by atoms with Gasteiger partial charge in [0.05, 0.1) is 41.4 Å². The summed E-state index contributed by atoms with van der Waals surface area (Å²) < 4.78 is 12.0. The summed E-state index contributed by atoms with van der Waals surface area (Å²) in [6.07, 6.45) is 6.22. The molecule has 0 saturated carbocycles. The van der Waals surface area contributed by atoms with Crippen molar-refractivity contribution in [3.8, 4) is 0 Å². The maximum atomic E-state index is 13.7. The maximum absolute atomic E-state index is 13.7. The van der Waals surface area contributed by atoms with Crippen molar-refractivity contribution in [1.29, 1.82) is 0 Å². The Morgan fingerprint density at radius 1 is 1.24 bits per heavy atom. The number of hydrogen-bond acceptors (Lipinski definition) is 7. The van der Waals surface area contributed by atoms with Crippen LogP contribution in [-0.4, -0.2) is 57.0 Å². The minimum Gasteiger partial charge on any atom is -0.458 e. The summed E-state index contributed by atoms with van der Waals surface area (Å²) in [5.41, 5.74) is 0.0338. The van der Waals surface area contributed by atoms with Gasteiger partial charge in [-0.3, -0.25) is 14.6 Å². The van der Waals surface area contributed by atoms with Crippen LogP contribution in [0.2, 0.25) is 0 Å². The van der Waals surface area contributed by atoms with Gasteiger partial charge in [-0.15, -0.1) is 6.58 Å². The third-order valence-electron chi connectivity index (χ3n) is 8.48. The molecule has 7 heteroatoms. The monoisotopic (exact) mass is 527 g/mol. The van der Waals surface area contributed by atoms with E-state index in [1.165, 1.54) is 0 Å². The lowest BCUT2D eigenvalue weighted by Gasteiger charge is -2.36. The summed E-state index contributed by atoms with van der Waals surface area (Å²) in [4.78, 5) is 31.1. The van der Waals surface area contributed by atoms with Gasteiger partial charge >= 0.3 is 5.97 Å². The molecule has 7 atom stereocenters. The second-order valence-corrected chi connectivity index (χ2v) is 11.9. The standard InChI is InChI=1S/C31H45NO6/c1-7-8-14-23-28(35)20(2)12-11-15-31(6)26(38-31)18-24(21(3)17-22-13-9-10-16-32-22)37-27(34)19-25(33)30(4,5)29(23)36/h7,9-10,13,16-17,20,23-26,28,33,35H,1,8,11-12,14-15,18-19H2,2-6H3/t20-,23+,24-,25-,26+,28-,31+/m0/s1. The molecule has 38 heavy (non-hydrogen) atoms. The quantitative estimate of drug-likeness (QED) is 0.313. The average molecular weight is 528 g/mol. The fourth-order valence-electron chi connectivity index (χ4n) is 5.48. The highest BCUT2D eigenvalue weighted by Gasteiger charge is 2.53. The number of carbonyl (C=O) groups is 2. The number of cyclic esters (lactones) is 1. The normalized spacial score (nSPS) is 35.2. The van der Waals surface area contributed by atoms with Crippen LogP contribution in [0, 0.1) is 17.3 Å². The molecule has 3 rings (SSSR count). The molecule has 0 aromatic carbocycles. The summed E-state index contributed by atoms with van der Waals surface area (Å²) in [6.45, 7) is 13.0. The van der Waals surface area contributed by atoms with E-state index < -0.39 is 35.6 Å². The SMILES string of the molecule is C=CCC[C@H]1C(=O)C(C)(C)[C@@H](O)CC(=O)O[C@H](C(C)=Cc2ccccn2)C[C@H]2O[C@]2(C)CCC[C@H](C)[C@@H]1O. The number of aromatic nitrogens is 1. The summed E-state index contributed by atoms with van der Waals surface area (Å²) in [6, 6.07) is 5.62. The zero-order valence-electron chi connectivity index (χ0n) is 23.6. The number of epoxide rings is 1. The molecule has 0 spiro atoms. The van der Waals surface area contributed by atoms with Crippen molar-refractivity contribution in [1.82, 2.24) is 4.98 Å². The maximum Gasteiger partial charge on any atom is 0.309 e. The second-order valence-electron chi connectivity index (χ2n) is 11.9. The molecule has 210 valence electrons. The van der Waals surface area contributed by atoms with Crippen molar-refractivity contribution in [2.45, 2.75) is 110 Å². The Balaban J connectivity index is 1.88. The van der Waals surface area contributed by atoms with Gasteiger partial charge in [0.2, 0.25) is 0 Å². The van der Waals surface area contributed by atoms with E-state index in [4.69, 9.17) is 9.47 Å². The van der Waals surface area contributed by atoms with E-state index in [9.17, 15) is 19.8 Å². The van der Waals surface area contributed by atoms with Crippen molar-refractivity contribution in [2.75, 3.05) is 0 Å². The van der Waals surface area contributed by atoms with Gasteiger partial charge in [0.1, 0.15) is 11.9 Å². The van der Waals surface area contributed by atoms with Crippen molar-refractivity contribution >= 4 is 17.8 Å². The molecular weight excluding hydrogens is 482 g/mol. The number of rotatable bonds is 5. The van der Waals surface area contributed by atoms with Crippen LogP contribution in [0.15, 0.2) is 42.6 Å². The lowest BCUT2D eigenvalue weighted by molar-refractivity contribution is -0.154. The molecule has 2 saturated heterocycles. The van der Waals surface area contributed by atoms with Gasteiger partial charge in [-0.05, 0) is 69.2 Å². The summed E-state index contributed by atoms with van der Waals surface area (Å²) in [5.74, 6) is -1.58. The summed E-state index contributed by atoms with van der Waals surface area (Å²) in [7, 11) is 0. The van der Waals surface area contributed by atoms with Gasteiger partial charge in [0, 0.05) is 18.5 Å². The molecule has 2 N–H and O–H groups in total. The Hall–Kier alpha value is -2.35. The summed E-state index contributed by atoms with van der Waals surface area (Å²) >= 11 is 0. The number of esters is 1. The number of ether oxygens (including phenoxy) is 2. The van der Waals surface area contributed by atoms with E-state index >= 15 is 0 Å². The molecule has 1 aromatic heterocycles. The van der Waals surface area contributed by atoms with E-state index in [0.717, 1.165) is 30.5 Å². The first-order valence-corrected chi connectivity index (χ1v) is 13.9. The van der Waals surface area contributed by atoms with E-state index in [-0.39, 0.29) is 29.8 Å². The number of allylic oxidation sites excluding steroid dienone is 1. The first-order valence-electron chi connectivity index (χ1n) is 13.9. The van der Waals surface area contributed by atoms with Crippen LogP contribution in [0.3, 0.4) is 0 Å². The second kappa shape index (κ2) is 12.7. The van der Waals surface area contributed by atoms with Crippen LogP contribution in [0.1, 0.15) is 85.3 Å². The molecule has 7 nitrogen and oxygen atoms in total. The first-order chi connectivity index (χ1) is 17.9. The molecule has 2 fully saturated rings. The Kier molecular flexibility index (Phi) is 10.1. The number of ketones is 1. The predicted molar refractivity (Wildman–Crippen MR) is 147 cm³/mol. The third kappa shape index (κ3) is 7.39. The van der Waals surface area contributed by atoms with Crippen LogP contribution in [0.4, 0.5) is 0 Å². The minimum atomic E-state index is -1.26. The highest BCUT2D eigenvalue weighted by atomic mass is 16.6. The fourth-order valence-corrected chi connectivity index (χ4v) is 5.48. The molecule has 0 unspecified atom stereocenters. The molecule has 2 aliphatic rings. The number of pyridine rings is 1. The van der Waals surface area contributed by atoms with Crippen LogP contribution in [-0.2, 0) is 19.1 Å². The van der Waals surface area contributed by atoms with E-state index in [0.29, 0.717) is 19.3 Å². The summed E-state index contributed by atoms with van der Waals surface area (Å²) in [5, 5.41) is 22.3. The van der Waals surface area contributed by atoms with Crippen molar-refractivity contribution < 1.29 is 29.3 Å². The van der Waals surface area contributed by atoms with E-state index in [1.54, 1.807) is 26.1 Å². The number of aliphatic hydroxyl groups is 2. The Morgan fingerprint density at radius 3 is 2.63 bits per heavy atom. The largest absolute Gasteiger partial charge is 0.458 e. The Bertz CT molecular complexity index is 1000. The lowest BCUT2D eigenvalue weighted by atomic mass is 9.71.